The summed E-state index contributed by atoms with van der Waals surface area (Å²) in [6.45, 7) is 1.31. The van der Waals surface area contributed by atoms with Crippen LogP contribution in [0.15, 0.2) is 41.4 Å². The van der Waals surface area contributed by atoms with E-state index in [1.807, 2.05) is 23.9 Å². The van der Waals surface area contributed by atoms with Gasteiger partial charge < -0.3 is 15.1 Å². The molecule has 0 amide bonds. The maximum Gasteiger partial charge on any atom is 0.283 e. The Morgan fingerprint density at radius 1 is 1.06 bits per heavy atom. The molecule has 0 fully saturated rings. The van der Waals surface area contributed by atoms with Crippen LogP contribution in [-0.2, 0) is 10.0 Å². The van der Waals surface area contributed by atoms with Gasteiger partial charge in [0.25, 0.3) is 10.0 Å². The number of thiazole rings is 1. The average molecular weight is 571 g/mol. The monoisotopic (exact) mass is 569 g/mol. The molecule has 0 saturated heterocycles. The summed E-state index contributed by atoms with van der Waals surface area (Å²) in [5, 5.41) is 2.72. The molecule has 3 aromatic rings. The van der Waals surface area contributed by atoms with Gasteiger partial charge in [0.15, 0.2) is 0 Å². The van der Waals surface area contributed by atoms with Crippen molar-refractivity contribution >= 4 is 78.5 Å². The normalized spacial score (nSPS) is 11.7. The van der Waals surface area contributed by atoms with Crippen LogP contribution >= 0.6 is 46.3 Å². The van der Waals surface area contributed by atoms with Gasteiger partial charge in [-0.1, -0.05) is 34.5 Å². The van der Waals surface area contributed by atoms with Gasteiger partial charge in [0.05, 0.1) is 28.3 Å². The van der Waals surface area contributed by atoms with Crippen molar-refractivity contribution < 1.29 is 17.2 Å². The SMILES string of the molecule is CN(C)CCN(C)c1cc(F)ccc1Nc1cc(F)c(S(=O)(=O)N(Cl)c2ncc(Cl)s2)cc1Cl. The van der Waals surface area contributed by atoms with Crippen molar-refractivity contribution in [3.63, 3.8) is 0 Å². The summed E-state index contributed by atoms with van der Waals surface area (Å²) >= 11 is 18.8. The van der Waals surface area contributed by atoms with Gasteiger partial charge in [-0.05, 0) is 38.4 Å². The Kier molecular flexibility index (Phi) is 8.48. The molecule has 7 nitrogen and oxygen atoms in total. The zero-order chi connectivity index (χ0) is 25.2. The van der Waals surface area contributed by atoms with Crippen molar-refractivity contribution in [2.24, 2.45) is 0 Å². The van der Waals surface area contributed by atoms with Gasteiger partial charge in [0.2, 0.25) is 5.13 Å². The van der Waals surface area contributed by atoms with Crippen molar-refractivity contribution in [3.05, 3.63) is 57.5 Å². The van der Waals surface area contributed by atoms with Gasteiger partial charge in [0, 0.05) is 38.0 Å². The number of aromatic nitrogens is 1. The molecule has 1 aromatic heterocycles. The molecule has 184 valence electrons. The van der Waals surface area contributed by atoms with Crippen LogP contribution in [0.25, 0.3) is 0 Å². The summed E-state index contributed by atoms with van der Waals surface area (Å²) < 4.78 is 55.1. The predicted octanol–water partition coefficient (Wildman–Crippen LogP) is 5.82. The highest BCUT2D eigenvalue weighted by Crippen LogP contribution is 2.37. The first-order valence-corrected chi connectivity index (χ1v) is 13.0. The molecule has 0 atom stereocenters. The van der Waals surface area contributed by atoms with E-state index in [1.165, 1.54) is 24.4 Å². The maximum absolute atomic E-state index is 15.0. The average Bonchev–Trinajstić information content (AvgIpc) is 3.20. The molecule has 1 heterocycles. The number of anilines is 4. The van der Waals surface area contributed by atoms with Crippen LogP contribution in [0.3, 0.4) is 0 Å². The van der Waals surface area contributed by atoms with E-state index in [4.69, 9.17) is 35.0 Å². The molecular formula is C20H20Cl3F2N5O2S2. The molecule has 14 heteroatoms. The summed E-state index contributed by atoms with van der Waals surface area (Å²) in [6, 6.07) is 5.95. The highest BCUT2D eigenvalue weighted by molar-refractivity contribution is 7.94. The smallest absolute Gasteiger partial charge is 0.283 e. The molecule has 0 unspecified atom stereocenters. The van der Waals surface area contributed by atoms with Gasteiger partial charge in [-0.2, -0.15) is 8.42 Å². The fourth-order valence-electron chi connectivity index (χ4n) is 2.88. The number of sulfonamides is 1. The third kappa shape index (κ3) is 6.02. The number of rotatable bonds is 9. The summed E-state index contributed by atoms with van der Waals surface area (Å²) in [4.78, 5) is 6.86. The lowest BCUT2D eigenvalue weighted by Gasteiger charge is -2.25. The number of hydrogen-bond acceptors (Lipinski definition) is 7. The lowest BCUT2D eigenvalue weighted by molar-refractivity contribution is 0.416. The van der Waals surface area contributed by atoms with Gasteiger partial charge in [-0.15, -0.1) is 3.82 Å². The number of benzene rings is 2. The van der Waals surface area contributed by atoms with Gasteiger partial charge in [0.1, 0.15) is 20.9 Å². The Morgan fingerprint density at radius 2 is 1.76 bits per heavy atom. The lowest BCUT2D eigenvalue weighted by Crippen LogP contribution is -2.29. The fourth-order valence-corrected chi connectivity index (χ4v) is 5.64. The van der Waals surface area contributed by atoms with Crippen molar-refractivity contribution in [1.29, 1.82) is 0 Å². The van der Waals surface area contributed by atoms with Crippen LogP contribution in [0.4, 0.5) is 31.0 Å². The van der Waals surface area contributed by atoms with E-state index in [-0.39, 0.29) is 20.2 Å². The Labute approximate surface area is 215 Å². The van der Waals surface area contributed by atoms with Crippen molar-refractivity contribution in [1.82, 2.24) is 9.88 Å². The standard InChI is InChI=1S/C20H20Cl3F2N5O2S2/c1-28(2)6-7-29(3)17-8-12(24)4-5-15(17)27-16-10-14(25)18(9-13(16)21)34(31,32)30(23)20-26-11-19(22)33-20/h4-5,8-11,27H,6-7H2,1-3H3. The van der Waals surface area contributed by atoms with E-state index in [2.05, 4.69) is 10.3 Å². The number of nitrogens with zero attached hydrogens (tertiary/aromatic N) is 4. The minimum atomic E-state index is -4.53. The van der Waals surface area contributed by atoms with E-state index >= 15 is 0 Å². The van der Waals surface area contributed by atoms with Crippen LogP contribution in [0.5, 0.6) is 0 Å². The minimum absolute atomic E-state index is 0.0883. The molecule has 0 spiro atoms. The molecule has 3 rings (SSSR count). The molecule has 0 aliphatic rings. The topological polar surface area (TPSA) is 68.8 Å². The van der Waals surface area contributed by atoms with Crippen LogP contribution in [0, 0.1) is 11.6 Å². The second-order valence-electron chi connectivity index (χ2n) is 7.44. The highest BCUT2D eigenvalue weighted by atomic mass is 35.5. The number of hydrogen-bond donors (Lipinski definition) is 1. The zero-order valence-electron chi connectivity index (χ0n) is 18.2. The quantitative estimate of drug-likeness (QED) is 0.327. The van der Waals surface area contributed by atoms with E-state index in [1.54, 1.807) is 7.05 Å². The summed E-state index contributed by atoms with van der Waals surface area (Å²) in [5.74, 6) is -1.54. The maximum atomic E-state index is 15.0. The number of likely N-dealkylation sites (N-methyl/N-ethyl adjacent to an activating group) is 2. The molecule has 0 radical (unpaired) electrons. The van der Waals surface area contributed by atoms with Crippen molar-refractivity contribution in [3.8, 4) is 0 Å². The first kappa shape index (κ1) is 26.7. The van der Waals surface area contributed by atoms with Crippen LogP contribution in [-0.4, -0.2) is 52.5 Å². The molecule has 1 N–H and O–H groups in total. The number of nitrogens with one attached hydrogen (secondary N) is 1. The van der Waals surface area contributed by atoms with Gasteiger partial charge in [-0.3, -0.25) is 0 Å². The summed E-state index contributed by atoms with van der Waals surface area (Å²) in [6.07, 6.45) is 1.22. The molecular weight excluding hydrogens is 551 g/mol. The first-order valence-electron chi connectivity index (χ1n) is 9.64. The molecule has 0 aliphatic carbocycles. The highest BCUT2D eigenvalue weighted by Gasteiger charge is 2.30. The molecule has 34 heavy (non-hydrogen) atoms. The molecule has 0 bridgehead atoms. The molecule has 2 aromatic carbocycles. The Bertz CT molecular complexity index is 1290. The molecule has 0 aliphatic heterocycles. The van der Waals surface area contributed by atoms with Crippen molar-refractivity contribution in [2.75, 3.05) is 48.3 Å². The predicted molar refractivity (Wildman–Crippen MR) is 136 cm³/mol. The second kappa shape index (κ2) is 10.8. The van der Waals surface area contributed by atoms with E-state index in [0.29, 0.717) is 28.3 Å². The Balaban J connectivity index is 1.93. The largest absolute Gasteiger partial charge is 0.372 e. The lowest BCUT2D eigenvalue weighted by atomic mass is 10.2. The van der Waals surface area contributed by atoms with E-state index in [0.717, 1.165) is 23.5 Å². The third-order valence-electron chi connectivity index (χ3n) is 4.65. The van der Waals surface area contributed by atoms with Crippen LogP contribution in [0.2, 0.25) is 9.36 Å². The number of halogens is 5. The van der Waals surface area contributed by atoms with Gasteiger partial charge >= 0.3 is 0 Å². The summed E-state index contributed by atoms with van der Waals surface area (Å²) in [5.41, 5.74) is 1.06. The Morgan fingerprint density at radius 3 is 2.38 bits per heavy atom. The van der Waals surface area contributed by atoms with Crippen molar-refractivity contribution in [2.45, 2.75) is 4.90 Å². The Hall–Kier alpha value is -1.89. The first-order chi connectivity index (χ1) is 15.9. The fraction of sp³-hybridized carbons (Fsp3) is 0.250. The van der Waals surface area contributed by atoms with E-state index < -0.39 is 26.6 Å². The summed E-state index contributed by atoms with van der Waals surface area (Å²) in [7, 11) is 1.10. The van der Waals surface area contributed by atoms with Crippen LogP contribution in [0.1, 0.15) is 0 Å². The zero-order valence-corrected chi connectivity index (χ0v) is 22.1. The molecule has 0 saturated carbocycles. The minimum Gasteiger partial charge on any atom is -0.372 e. The third-order valence-corrected chi connectivity index (χ3v) is 8.45. The second-order valence-corrected chi connectivity index (χ2v) is 11.8. The van der Waals surface area contributed by atoms with Gasteiger partial charge in [-0.25, -0.2) is 13.8 Å². The van der Waals surface area contributed by atoms with E-state index in [9.17, 15) is 17.2 Å². The van der Waals surface area contributed by atoms with Crippen LogP contribution < -0.4 is 14.0 Å².